The van der Waals surface area contributed by atoms with Crippen LogP contribution in [0.5, 0.6) is 0 Å². The molecule has 1 saturated heterocycles. The van der Waals surface area contributed by atoms with Gasteiger partial charge in [0.15, 0.2) is 0 Å². The molecule has 7 heteroatoms. The number of amides is 1. The van der Waals surface area contributed by atoms with Gasteiger partial charge < -0.3 is 4.90 Å². The molecule has 2 aromatic heterocycles. The van der Waals surface area contributed by atoms with Crippen molar-refractivity contribution in [2.24, 2.45) is 5.41 Å². The maximum absolute atomic E-state index is 13.7. The van der Waals surface area contributed by atoms with Crippen molar-refractivity contribution in [3.8, 4) is 5.69 Å². The van der Waals surface area contributed by atoms with E-state index in [9.17, 15) is 4.79 Å². The van der Waals surface area contributed by atoms with E-state index in [0.29, 0.717) is 16.0 Å². The normalized spacial score (nSPS) is 19.4. The Hall–Kier alpha value is -2.73. The van der Waals surface area contributed by atoms with Crippen molar-refractivity contribution in [1.82, 2.24) is 24.9 Å². The largest absolute Gasteiger partial charge is 0.335 e. The van der Waals surface area contributed by atoms with Crippen molar-refractivity contribution in [2.45, 2.75) is 45.1 Å². The number of halogens is 1. The summed E-state index contributed by atoms with van der Waals surface area (Å²) in [5, 5.41) is 9.14. The lowest BCUT2D eigenvalue weighted by atomic mass is 9.99. The highest BCUT2D eigenvalue weighted by atomic mass is 35.5. The minimum Gasteiger partial charge on any atom is -0.335 e. The highest BCUT2D eigenvalue weighted by Gasteiger charge is 2.53. The third-order valence-electron chi connectivity index (χ3n) is 6.37. The van der Waals surface area contributed by atoms with Crippen LogP contribution in [0, 0.1) is 12.3 Å². The van der Waals surface area contributed by atoms with Gasteiger partial charge >= 0.3 is 0 Å². The fraction of sp³-hybridized carbons (Fsp3) is 0.391. The third-order valence-corrected chi connectivity index (χ3v) is 6.60. The van der Waals surface area contributed by atoms with Gasteiger partial charge in [-0.1, -0.05) is 23.2 Å². The molecule has 1 aliphatic carbocycles. The summed E-state index contributed by atoms with van der Waals surface area (Å²) in [5.74, 6) is 0.0730. The quantitative estimate of drug-likeness (QED) is 0.617. The van der Waals surface area contributed by atoms with Gasteiger partial charge in [-0.2, -0.15) is 15.0 Å². The summed E-state index contributed by atoms with van der Waals surface area (Å²) in [6.45, 7) is 2.84. The topological polar surface area (TPSA) is 63.9 Å². The number of nitrogens with zero attached hydrogens (tertiary/aromatic N) is 5. The van der Waals surface area contributed by atoms with E-state index in [1.54, 1.807) is 18.6 Å². The molecule has 3 aromatic rings. The molecule has 1 aromatic carbocycles. The molecule has 0 N–H and O–H groups in total. The van der Waals surface area contributed by atoms with Crippen LogP contribution < -0.4 is 0 Å². The number of rotatable bonds is 5. The summed E-state index contributed by atoms with van der Waals surface area (Å²) in [6.07, 6.45) is 10.2. The number of hydrogen-bond acceptors (Lipinski definition) is 4. The highest BCUT2D eigenvalue weighted by Crippen LogP contribution is 2.55. The van der Waals surface area contributed by atoms with Crippen molar-refractivity contribution in [3.05, 3.63) is 70.8 Å². The van der Waals surface area contributed by atoms with E-state index in [2.05, 4.69) is 20.1 Å². The average molecular weight is 422 g/mol. The number of likely N-dealkylation sites (tertiary alicyclic amines) is 1. The number of aryl methyl sites for hydroxylation is 2. The van der Waals surface area contributed by atoms with E-state index in [-0.39, 0.29) is 11.9 Å². The number of carbonyl (C=O) groups excluding carboxylic acids is 1. The van der Waals surface area contributed by atoms with Gasteiger partial charge in [0.2, 0.25) is 0 Å². The molecule has 1 atom stereocenters. The van der Waals surface area contributed by atoms with E-state index < -0.39 is 0 Å². The molecular weight excluding hydrogens is 398 g/mol. The summed E-state index contributed by atoms with van der Waals surface area (Å²) >= 11 is 5.96. The molecule has 0 unspecified atom stereocenters. The van der Waals surface area contributed by atoms with Crippen LogP contribution in [0.1, 0.15) is 47.3 Å². The van der Waals surface area contributed by atoms with Crippen LogP contribution in [0.2, 0.25) is 5.02 Å². The van der Waals surface area contributed by atoms with Crippen LogP contribution in [0.4, 0.5) is 0 Å². The van der Waals surface area contributed by atoms with E-state index >= 15 is 0 Å². The number of pyridine rings is 1. The van der Waals surface area contributed by atoms with Gasteiger partial charge in [-0.3, -0.25) is 9.78 Å². The van der Waals surface area contributed by atoms with Gasteiger partial charge in [-0.25, -0.2) is 0 Å². The minimum absolute atomic E-state index is 0.0730. The summed E-state index contributed by atoms with van der Waals surface area (Å²) in [5.41, 5.74) is 3.78. The second-order valence-corrected chi connectivity index (χ2v) is 9.07. The lowest BCUT2D eigenvalue weighted by Crippen LogP contribution is -2.37. The van der Waals surface area contributed by atoms with Crippen LogP contribution >= 0.6 is 11.6 Å². The molecule has 0 radical (unpaired) electrons. The molecule has 0 bridgehead atoms. The van der Waals surface area contributed by atoms with Crippen molar-refractivity contribution >= 4 is 17.5 Å². The lowest BCUT2D eigenvalue weighted by Gasteiger charge is -2.26. The zero-order chi connectivity index (χ0) is 20.7. The zero-order valence-corrected chi connectivity index (χ0v) is 17.7. The van der Waals surface area contributed by atoms with Crippen LogP contribution in [-0.2, 0) is 6.42 Å². The van der Waals surface area contributed by atoms with Crippen LogP contribution in [0.3, 0.4) is 0 Å². The molecule has 154 valence electrons. The molecule has 30 heavy (non-hydrogen) atoms. The monoisotopic (exact) mass is 421 g/mol. The number of benzene rings is 1. The molecular formula is C23H24ClN5O. The smallest absolute Gasteiger partial charge is 0.256 e. The summed E-state index contributed by atoms with van der Waals surface area (Å²) in [7, 11) is 0. The first-order chi connectivity index (χ1) is 14.5. The molecule has 3 heterocycles. The zero-order valence-electron chi connectivity index (χ0n) is 17.0. The molecule has 1 saturated carbocycles. The van der Waals surface area contributed by atoms with Gasteiger partial charge in [-0.15, -0.1) is 0 Å². The lowest BCUT2D eigenvalue weighted by molar-refractivity contribution is 0.0724. The molecule has 1 amide bonds. The first-order valence-corrected chi connectivity index (χ1v) is 10.8. The van der Waals surface area contributed by atoms with E-state index in [1.807, 2.05) is 37.3 Å². The SMILES string of the molecule is Cc1ccc(-n2nccn2)c(C(=O)N2CC3(CC3)C[C@H]2CCc2ccc(Cl)cn2)c1. The average Bonchev–Trinajstić information content (AvgIpc) is 3.14. The first kappa shape index (κ1) is 19.2. The second kappa shape index (κ2) is 7.51. The molecule has 2 aliphatic rings. The minimum atomic E-state index is 0.0730. The molecule has 1 spiro atoms. The predicted octanol–water partition coefficient (Wildman–Crippen LogP) is 4.25. The Morgan fingerprint density at radius 3 is 2.70 bits per heavy atom. The Bertz CT molecular complexity index is 1060. The van der Waals surface area contributed by atoms with Gasteiger partial charge in [-0.05, 0) is 68.7 Å². The van der Waals surface area contributed by atoms with Crippen LogP contribution in [0.25, 0.3) is 5.69 Å². The first-order valence-electron chi connectivity index (χ1n) is 10.4. The maximum Gasteiger partial charge on any atom is 0.256 e. The Morgan fingerprint density at radius 1 is 1.20 bits per heavy atom. The fourth-order valence-electron chi connectivity index (χ4n) is 4.56. The Morgan fingerprint density at radius 2 is 2.00 bits per heavy atom. The highest BCUT2D eigenvalue weighted by molar-refractivity contribution is 6.30. The van der Waals surface area contributed by atoms with Crippen molar-refractivity contribution in [2.75, 3.05) is 6.54 Å². The summed E-state index contributed by atoms with van der Waals surface area (Å²) in [4.78, 5) is 21.8. The third kappa shape index (κ3) is 3.72. The van der Waals surface area contributed by atoms with Gasteiger partial charge in [0.1, 0.15) is 0 Å². The fourth-order valence-corrected chi connectivity index (χ4v) is 4.67. The number of aromatic nitrogens is 4. The predicted molar refractivity (Wildman–Crippen MR) is 115 cm³/mol. The molecule has 2 fully saturated rings. The van der Waals surface area contributed by atoms with Gasteiger partial charge in [0.05, 0.1) is 28.7 Å². The molecule has 6 nitrogen and oxygen atoms in total. The molecule has 5 rings (SSSR count). The number of carbonyl (C=O) groups is 1. The van der Waals surface area contributed by atoms with Gasteiger partial charge in [0.25, 0.3) is 5.91 Å². The van der Waals surface area contributed by atoms with Crippen molar-refractivity contribution in [1.29, 1.82) is 0 Å². The summed E-state index contributed by atoms with van der Waals surface area (Å²) < 4.78 is 0. The van der Waals surface area contributed by atoms with E-state index in [1.165, 1.54) is 17.6 Å². The Labute approximate surface area is 180 Å². The molecule has 1 aliphatic heterocycles. The van der Waals surface area contributed by atoms with E-state index in [4.69, 9.17) is 11.6 Å². The van der Waals surface area contributed by atoms with E-state index in [0.717, 1.165) is 42.8 Å². The van der Waals surface area contributed by atoms with Crippen molar-refractivity contribution in [3.63, 3.8) is 0 Å². The van der Waals surface area contributed by atoms with Crippen LogP contribution in [0.15, 0.2) is 48.9 Å². The number of hydrogen-bond donors (Lipinski definition) is 0. The Kier molecular flexibility index (Phi) is 4.82. The maximum atomic E-state index is 13.7. The Balaban J connectivity index is 1.41. The van der Waals surface area contributed by atoms with Crippen molar-refractivity contribution < 1.29 is 4.79 Å². The second-order valence-electron chi connectivity index (χ2n) is 8.64. The van der Waals surface area contributed by atoms with Crippen LogP contribution in [-0.4, -0.2) is 43.4 Å². The van der Waals surface area contributed by atoms with Gasteiger partial charge in [0, 0.05) is 24.5 Å². The standard InChI is InChI=1S/C23H24ClN5O/c1-16-2-7-21(29-26-10-11-27-29)20(12-16)22(30)28-15-23(8-9-23)13-19(28)6-5-18-4-3-17(24)14-25-18/h2-4,7,10-12,14,19H,5-6,8-9,13,15H2,1H3/t19-/m1/s1. The summed E-state index contributed by atoms with van der Waals surface area (Å²) in [6, 6.07) is 9.94.